The molecule has 0 bridgehead atoms. The molecule has 0 saturated carbocycles. The molecular formula is C16H23NO3. The van der Waals surface area contributed by atoms with Gasteiger partial charge in [0.1, 0.15) is 0 Å². The summed E-state index contributed by atoms with van der Waals surface area (Å²) in [5, 5.41) is 12.1. The summed E-state index contributed by atoms with van der Waals surface area (Å²) in [6, 6.07) is 6.44. The highest BCUT2D eigenvalue weighted by molar-refractivity contribution is 6.04. The van der Waals surface area contributed by atoms with Crippen molar-refractivity contribution in [3.8, 4) is 0 Å². The van der Waals surface area contributed by atoms with Crippen molar-refractivity contribution in [2.45, 2.75) is 52.0 Å². The van der Waals surface area contributed by atoms with Crippen LogP contribution in [0.3, 0.4) is 0 Å². The molecule has 20 heavy (non-hydrogen) atoms. The van der Waals surface area contributed by atoms with E-state index in [-0.39, 0.29) is 23.1 Å². The predicted octanol–water partition coefficient (Wildman–Crippen LogP) is 3.47. The van der Waals surface area contributed by atoms with Crippen molar-refractivity contribution in [1.29, 1.82) is 0 Å². The van der Waals surface area contributed by atoms with E-state index >= 15 is 0 Å². The maximum absolute atomic E-state index is 12.2. The van der Waals surface area contributed by atoms with E-state index in [2.05, 4.69) is 19.2 Å². The molecule has 1 amide bonds. The van der Waals surface area contributed by atoms with E-state index < -0.39 is 5.97 Å². The molecule has 0 aliphatic heterocycles. The highest BCUT2D eigenvalue weighted by Crippen LogP contribution is 2.12. The second-order valence-electron chi connectivity index (χ2n) is 4.95. The van der Waals surface area contributed by atoms with Crippen LogP contribution in [0.1, 0.15) is 66.7 Å². The summed E-state index contributed by atoms with van der Waals surface area (Å²) >= 11 is 0. The van der Waals surface area contributed by atoms with Crippen molar-refractivity contribution < 1.29 is 14.7 Å². The Bertz CT molecular complexity index is 457. The van der Waals surface area contributed by atoms with Crippen LogP contribution in [0.2, 0.25) is 0 Å². The minimum Gasteiger partial charge on any atom is -0.478 e. The van der Waals surface area contributed by atoms with Crippen molar-refractivity contribution in [3.05, 3.63) is 35.4 Å². The topological polar surface area (TPSA) is 66.4 Å². The zero-order valence-electron chi connectivity index (χ0n) is 12.2. The van der Waals surface area contributed by atoms with Crippen LogP contribution in [-0.2, 0) is 0 Å². The quantitative estimate of drug-likeness (QED) is 0.764. The predicted molar refractivity (Wildman–Crippen MR) is 79.1 cm³/mol. The number of aromatic carboxylic acids is 1. The van der Waals surface area contributed by atoms with Gasteiger partial charge in [0.25, 0.3) is 5.91 Å². The number of hydrogen-bond donors (Lipinski definition) is 2. The zero-order valence-corrected chi connectivity index (χ0v) is 12.2. The Morgan fingerprint density at radius 1 is 1.10 bits per heavy atom. The van der Waals surface area contributed by atoms with E-state index in [0.29, 0.717) is 0 Å². The van der Waals surface area contributed by atoms with Gasteiger partial charge >= 0.3 is 5.97 Å². The van der Waals surface area contributed by atoms with Crippen LogP contribution in [-0.4, -0.2) is 23.0 Å². The Hall–Kier alpha value is -1.84. The van der Waals surface area contributed by atoms with E-state index in [1.54, 1.807) is 18.2 Å². The summed E-state index contributed by atoms with van der Waals surface area (Å²) in [6.45, 7) is 4.20. The first-order valence-electron chi connectivity index (χ1n) is 7.23. The van der Waals surface area contributed by atoms with Gasteiger partial charge in [0, 0.05) is 6.04 Å². The molecule has 0 fully saturated rings. The molecule has 2 N–H and O–H groups in total. The molecule has 0 aliphatic rings. The van der Waals surface area contributed by atoms with Crippen LogP contribution < -0.4 is 5.32 Å². The van der Waals surface area contributed by atoms with Gasteiger partial charge < -0.3 is 10.4 Å². The highest BCUT2D eigenvalue weighted by Gasteiger charge is 2.18. The number of carboxylic acids is 1. The third-order valence-corrected chi connectivity index (χ3v) is 3.28. The van der Waals surface area contributed by atoms with Crippen molar-refractivity contribution in [2.24, 2.45) is 0 Å². The number of benzene rings is 1. The van der Waals surface area contributed by atoms with E-state index in [1.165, 1.54) is 6.07 Å². The summed E-state index contributed by atoms with van der Waals surface area (Å²) in [5.41, 5.74) is 0.286. The maximum Gasteiger partial charge on any atom is 0.336 e. The minimum atomic E-state index is -1.07. The molecular weight excluding hydrogens is 254 g/mol. The monoisotopic (exact) mass is 277 g/mol. The fourth-order valence-corrected chi connectivity index (χ4v) is 2.22. The van der Waals surface area contributed by atoms with Gasteiger partial charge in [-0.1, -0.05) is 45.2 Å². The van der Waals surface area contributed by atoms with Crippen LogP contribution in [0.4, 0.5) is 0 Å². The van der Waals surface area contributed by atoms with Gasteiger partial charge in [0.05, 0.1) is 11.1 Å². The lowest BCUT2D eigenvalue weighted by molar-refractivity contribution is 0.0690. The van der Waals surface area contributed by atoms with Crippen molar-refractivity contribution in [3.63, 3.8) is 0 Å². The Morgan fingerprint density at radius 2 is 1.75 bits per heavy atom. The third kappa shape index (κ3) is 4.68. The zero-order chi connectivity index (χ0) is 15.0. The first-order chi connectivity index (χ1) is 9.60. The van der Waals surface area contributed by atoms with Crippen LogP contribution >= 0.6 is 0 Å². The smallest absolute Gasteiger partial charge is 0.336 e. The number of hydrogen-bond acceptors (Lipinski definition) is 2. The number of amides is 1. The molecule has 4 nitrogen and oxygen atoms in total. The minimum absolute atomic E-state index is 0.0516. The first kappa shape index (κ1) is 16.2. The molecule has 1 atom stereocenters. The molecule has 1 aromatic carbocycles. The fraction of sp³-hybridized carbons (Fsp3) is 0.500. The van der Waals surface area contributed by atoms with Gasteiger partial charge in [-0.05, 0) is 25.0 Å². The Balaban J connectivity index is 2.80. The number of carboxylic acid groups (broad SMARTS) is 1. The Morgan fingerprint density at radius 3 is 2.30 bits per heavy atom. The lowest BCUT2D eigenvalue weighted by atomic mass is 10.0. The SMILES string of the molecule is CCCCC(CCC)NC(=O)c1ccccc1C(=O)O. The lowest BCUT2D eigenvalue weighted by Crippen LogP contribution is -2.35. The Labute approximate surface area is 120 Å². The van der Waals surface area contributed by atoms with E-state index in [1.807, 2.05) is 0 Å². The molecule has 1 rings (SSSR count). The summed E-state index contributed by atoms with van der Waals surface area (Å²) in [4.78, 5) is 23.4. The van der Waals surface area contributed by atoms with Crippen LogP contribution in [0.5, 0.6) is 0 Å². The van der Waals surface area contributed by atoms with Gasteiger partial charge in [0.15, 0.2) is 0 Å². The number of rotatable bonds is 8. The molecule has 0 aliphatic carbocycles. The first-order valence-corrected chi connectivity index (χ1v) is 7.23. The number of carbonyl (C=O) groups excluding carboxylic acids is 1. The summed E-state index contributed by atoms with van der Waals surface area (Å²) in [5.74, 6) is -1.37. The largest absolute Gasteiger partial charge is 0.478 e. The van der Waals surface area contributed by atoms with Gasteiger partial charge in [-0.15, -0.1) is 0 Å². The van der Waals surface area contributed by atoms with E-state index in [9.17, 15) is 9.59 Å². The third-order valence-electron chi connectivity index (χ3n) is 3.28. The lowest BCUT2D eigenvalue weighted by Gasteiger charge is -2.18. The van der Waals surface area contributed by atoms with Crippen molar-refractivity contribution >= 4 is 11.9 Å². The second kappa shape index (κ2) is 8.35. The number of nitrogens with one attached hydrogen (secondary N) is 1. The fourth-order valence-electron chi connectivity index (χ4n) is 2.22. The van der Waals surface area contributed by atoms with Gasteiger partial charge in [0.2, 0.25) is 0 Å². The summed E-state index contributed by atoms with van der Waals surface area (Å²) in [6.07, 6.45) is 4.99. The van der Waals surface area contributed by atoms with Gasteiger partial charge in [-0.3, -0.25) is 4.79 Å². The normalized spacial score (nSPS) is 11.9. The maximum atomic E-state index is 12.2. The molecule has 0 radical (unpaired) electrons. The van der Waals surface area contributed by atoms with Crippen LogP contribution in [0.25, 0.3) is 0 Å². The molecule has 0 spiro atoms. The van der Waals surface area contributed by atoms with E-state index in [0.717, 1.165) is 32.1 Å². The average molecular weight is 277 g/mol. The Kier molecular flexibility index (Phi) is 6.77. The van der Waals surface area contributed by atoms with Gasteiger partial charge in [-0.25, -0.2) is 4.79 Å². The van der Waals surface area contributed by atoms with Gasteiger partial charge in [-0.2, -0.15) is 0 Å². The van der Waals surface area contributed by atoms with E-state index in [4.69, 9.17) is 5.11 Å². The molecule has 1 unspecified atom stereocenters. The molecule has 4 heteroatoms. The molecule has 0 heterocycles. The molecule has 0 saturated heterocycles. The molecule has 0 aromatic heterocycles. The van der Waals surface area contributed by atoms with Crippen molar-refractivity contribution in [1.82, 2.24) is 5.32 Å². The molecule has 110 valence electrons. The highest BCUT2D eigenvalue weighted by atomic mass is 16.4. The molecule has 1 aromatic rings. The second-order valence-corrected chi connectivity index (χ2v) is 4.95. The summed E-state index contributed by atoms with van der Waals surface area (Å²) < 4.78 is 0. The number of carbonyl (C=O) groups is 2. The standard InChI is InChI=1S/C16H23NO3/c1-3-5-9-12(8-4-2)17-15(18)13-10-6-7-11-14(13)16(19)20/h6-7,10-12H,3-5,8-9H2,1-2H3,(H,17,18)(H,19,20). The number of unbranched alkanes of at least 4 members (excludes halogenated alkanes) is 1. The summed E-state index contributed by atoms with van der Waals surface area (Å²) in [7, 11) is 0. The van der Waals surface area contributed by atoms with Crippen LogP contribution in [0, 0.1) is 0 Å². The average Bonchev–Trinajstić information content (AvgIpc) is 2.44. The van der Waals surface area contributed by atoms with Crippen molar-refractivity contribution in [2.75, 3.05) is 0 Å². The van der Waals surface area contributed by atoms with Crippen LogP contribution in [0.15, 0.2) is 24.3 Å².